The zero-order chi connectivity index (χ0) is 15.3. The van der Waals surface area contributed by atoms with E-state index in [0.717, 1.165) is 21.6 Å². The molecule has 1 atom stereocenters. The highest BCUT2D eigenvalue weighted by atomic mass is 32.1. The van der Waals surface area contributed by atoms with Gasteiger partial charge in [0.2, 0.25) is 0 Å². The largest absolute Gasteiger partial charge is 0.434 e. The third kappa shape index (κ3) is 2.38. The molecule has 3 heterocycles. The Morgan fingerprint density at radius 1 is 1.48 bits per heavy atom. The lowest BCUT2D eigenvalue weighted by atomic mass is 9.99. The average molecular weight is 321 g/mol. The Labute approximate surface area is 120 Å². The Balaban J connectivity index is 1.77. The Kier molecular flexibility index (Phi) is 3.17. The van der Waals surface area contributed by atoms with Gasteiger partial charge in [-0.2, -0.15) is 13.2 Å². The predicted molar refractivity (Wildman–Crippen MR) is 64.4 cm³/mol. The molecule has 1 aromatic rings. The number of nitrogens with one attached hydrogen (secondary N) is 1. The van der Waals surface area contributed by atoms with Crippen LogP contribution < -0.4 is 5.32 Å². The number of halogens is 3. The summed E-state index contributed by atoms with van der Waals surface area (Å²) >= 11 is 0.762. The van der Waals surface area contributed by atoms with E-state index in [0.29, 0.717) is 13.0 Å². The first-order chi connectivity index (χ1) is 9.82. The van der Waals surface area contributed by atoms with Crippen LogP contribution in [0.4, 0.5) is 18.0 Å². The Morgan fingerprint density at radius 2 is 2.24 bits per heavy atom. The van der Waals surface area contributed by atoms with E-state index in [9.17, 15) is 22.8 Å². The van der Waals surface area contributed by atoms with E-state index in [2.05, 4.69) is 10.3 Å². The highest BCUT2D eigenvalue weighted by Gasteiger charge is 2.53. The summed E-state index contributed by atoms with van der Waals surface area (Å²) < 4.78 is 42.6. The van der Waals surface area contributed by atoms with Gasteiger partial charge in [0.1, 0.15) is 10.5 Å². The molecule has 114 valence electrons. The van der Waals surface area contributed by atoms with Crippen LogP contribution in [0.5, 0.6) is 0 Å². The van der Waals surface area contributed by atoms with Gasteiger partial charge in [-0.25, -0.2) is 9.78 Å². The van der Waals surface area contributed by atoms with Gasteiger partial charge < -0.3 is 10.1 Å². The lowest BCUT2D eigenvalue weighted by molar-refractivity contribution is -0.140. The van der Waals surface area contributed by atoms with Crippen LogP contribution in [0.2, 0.25) is 0 Å². The van der Waals surface area contributed by atoms with E-state index in [4.69, 9.17) is 4.74 Å². The van der Waals surface area contributed by atoms with Crippen LogP contribution in [-0.2, 0) is 22.3 Å². The molecule has 0 saturated carbocycles. The van der Waals surface area contributed by atoms with E-state index in [1.165, 1.54) is 0 Å². The van der Waals surface area contributed by atoms with Gasteiger partial charge in [0.15, 0.2) is 5.69 Å². The van der Waals surface area contributed by atoms with E-state index in [-0.39, 0.29) is 18.2 Å². The SMILES string of the molecule is O=C1N[C@@]2(CCOC2)C(=O)N1Cc1nc(C(F)(F)F)cs1. The highest BCUT2D eigenvalue weighted by molar-refractivity contribution is 7.09. The third-order valence-electron chi connectivity index (χ3n) is 3.40. The van der Waals surface area contributed by atoms with Crippen molar-refractivity contribution in [2.45, 2.75) is 24.7 Å². The van der Waals surface area contributed by atoms with Crippen molar-refractivity contribution < 1.29 is 27.5 Å². The van der Waals surface area contributed by atoms with Gasteiger partial charge in [-0.1, -0.05) is 0 Å². The number of amides is 3. The summed E-state index contributed by atoms with van der Waals surface area (Å²) in [5.74, 6) is -0.478. The number of alkyl halides is 3. The normalized spacial score (nSPS) is 26.0. The van der Waals surface area contributed by atoms with Crippen LogP contribution >= 0.6 is 11.3 Å². The van der Waals surface area contributed by atoms with Gasteiger partial charge in [-0.05, 0) is 0 Å². The predicted octanol–water partition coefficient (Wildman–Crippen LogP) is 1.37. The molecule has 0 unspecified atom stereocenters. The van der Waals surface area contributed by atoms with Crippen LogP contribution in [0, 0.1) is 0 Å². The van der Waals surface area contributed by atoms with Gasteiger partial charge in [-0.3, -0.25) is 9.69 Å². The molecule has 0 radical (unpaired) electrons. The van der Waals surface area contributed by atoms with E-state index >= 15 is 0 Å². The molecule has 1 aromatic heterocycles. The number of imide groups is 1. The molecule has 21 heavy (non-hydrogen) atoms. The molecule has 2 aliphatic rings. The molecule has 3 amide bonds. The molecular weight excluding hydrogens is 311 g/mol. The second-order valence-corrected chi connectivity index (χ2v) is 5.77. The third-order valence-corrected chi connectivity index (χ3v) is 4.24. The van der Waals surface area contributed by atoms with E-state index < -0.39 is 29.3 Å². The lowest BCUT2D eigenvalue weighted by Crippen LogP contribution is -2.47. The molecule has 10 heteroatoms. The fourth-order valence-corrected chi connectivity index (χ4v) is 3.09. The number of carbonyl (C=O) groups is 2. The number of thiazole rings is 1. The van der Waals surface area contributed by atoms with Crippen LogP contribution in [0.1, 0.15) is 17.1 Å². The first kappa shape index (κ1) is 14.3. The zero-order valence-corrected chi connectivity index (χ0v) is 11.4. The summed E-state index contributed by atoms with van der Waals surface area (Å²) in [7, 11) is 0. The lowest BCUT2D eigenvalue weighted by Gasteiger charge is -2.17. The van der Waals surface area contributed by atoms with Crippen molar-refractivity contribution in [3.05, 3.63) is 16.1 Å². The number of rotatable bonds is 2. The summed E-state index contributed by atoms with van der Waals surface area (Å²) in [6.07, 6.45) is -4.17. The molecule has 2 aliphatic heterocycles. The Hall–Kier alpha value is -1.68. The van der Waals surface area contributed by atoms with Gasteiger partial charge >= 0.3 is 12.2 Å². The number of ether oxygens (including phenoxy) is 1. The number of carbonyl (C=O) groups excluding carboxylic acids is 2. The second-order valence-electron chi connectivity index (χ2n) is 4.83. The minimum absolute atomic E-state index is 0.0572. The summed E-state index contributed by atoms with van der Waals surface area (Å²) in [5, 5.41) is 3.47. The van der Waals surface area contributed by atoms with E-state index in [1.54, 1.807) is 0 Å². The van der Waals surface area contributed by atoms with Crippen LogP contribution in [0.3, 0.4) is 0 Å². The number of aromatic nitrogens is 1. The number of nitrogens with zero attached hydrogens (tertiary/aromatic N) is 2. The average Bonchev–Trinajstić information content (AvgIpc) is 3.07. The smallest absolute Gasteiger partial charge is 0.378 e. The minimum Gasteiger partial charge on any atom is -0.378 e. The molecule has 1 N–H and O–H groups in total. The fourth-order valence-electron chi connectivity index (χ4n) is 2.30. The number of hydrogen-bond acceptors (Lipinski definition) is 5. The minimum atomic E-state index is -4.54. The molecule has 2 fully saturated rings. The maximum Gasteiger partial charge on any atom is 0.434 e. The van der Waals surface area contributed by atoms with Crippen molar-refractivity contribution in [1.82, 2.24) is 15.2 Å². The summed E-state index contributed by atoms with van der Waals surface area (Å²) in [5.41, 5.74) is -2.09. The molecule has 0 aliphatic carbocycles. The van der Waals surface area contributed by atoms with Crippen LogP contribution in [-0.4, -0.2) is 40.6 Å². The molecule has 1 spiro atoms. The first-order valence-electron chi connectivity index (χ1n) is 6.05. The maximum atomic E-state index is 12.5. The van der Waals surface area contributed by atoms with Crippen molar-refractivity contribution in [3.8, 4) is 0 Å². The van der Waals surface area contributed by atoms with Crippen LogP contribution in [0.15, 0.2) is 5.38 Å². The van der Waals surface area contributed by atoms with Crippen molar-refractivity contribution in [3.63, 3.8) is 0 Å². The molecular formula is C11H10F3N3O3S. The molecule has 3 rings (SSSR count). The molecule has 2 saturated heterocycles. The Morgan fingerprint density at radius 3 is 2.81 bits per heavy atom. The van der Waals surface area contributed by atoms with Gasteiger partial charge in [0.05, 0.1) is 13.2 Å². The van der Waals surface area contributed by atoms with Gasteiger partial charge in [0, 0.05) is 18.4 Å². The summed E-state index contributed by atoms with van der Waals surface area (Å²) in [6.45, 7) is 0.169. The highest BCUT2D eigenvalue weighted by Crippen LogP contribution is 2.32. The first-order valence-corrected chi connectivity index (χ1v) is 6.93. The van der Waals surface area contributed by atoms with Crippen LogP contribution in [0.25, 0.3) is 0 Å². The number of urea groups is 1. The Bertz CT molecular complexity index is 595. The topological polar surface area (TPSA) is 71.5 Å². The van der Waals surface area contributed by atoms with Gasteiger partial charge in [-0.15, -0.1) is 11.3 Å². The fraction of sp³-hybridized carbons (Fsp3) is 0.545. The van der Waals surface area contributed by atoms with Crippen molar-refractivity contribution in [2.24, 2.45) is 0 Å². The van der Waals surface area contributed by atoms with E-state index in [1.807, 2.05) is 0 Å². The maximum absolute atomic E-state index is 12.5. The van der Waals surface area contributed by atoms with Crippen molar-refractivity contribution in [1.29, 1.82) is 0 Å². The van der Waals surface area contributed by atoms with Crippen molar-refractivity contribution in [2.75, 3.05) is 13.2 Å². The quantitative estimate of drug-likeness (QED) is 0.835. The molecule has 0 bridgehead atoms. The number of hydrogen-bond donors (Lipinski definition) is 1. The summed E-state index contributed by atoms with van der Waals surface area (Å²) in [6, 6.07) is -0.630. The van der Waals surface area contributed by atoms with Gasteiger partial charge in [0.25, 0.3) is 5.91 Å². The zero-order valence-electron chi connectivity index (χ0n) is 10.6. The molecule has 0 aromatic carbocycles. The standard InChI is InChI=1S/C11H10F3N3O3S/c12-11(13,14)6-4-21-7(15-6)3-17-8(18)10(16-9(17)19)1-2-20-5-10/h4H,1-3,5H2,(H,16,19)/t10-/m1/s1. The summed E-state index contributed by atoms with van der Waals surface area (Å²) in [4.78, 5) is 28.4. The molecule has 6 nitrogen and oxygen atoms in total. The van der Waals surface area contributed by atoms with Crippen molar-refractivity contribution >= 4 is 23.3 Å². The second kappa shape index (κ2) is 4.67. The monoisotopic (exact) mass is 321 g/mol.